The number of likely N-dealkylation sites (N-methyl/N-ethyl adjacent to an activating group) is 1. The summed E-state index contributed by atoms with van der Waals surface area (Å²) in [5.74, 6) is 0.264. The van der Waals surface area contributed by atoms with Gasteiger partial charge in [-0.3, -0.25) is 9.52 Å². The van der Waals surface area contributed by atoms with Gasteiger partial charge >= 0.3 is 0 Å². The van der Waals surface area contributed by atoms with Crippen molar-refractivity contribution >= 4 is 44.7 Å². The lowest BCUT2D eigenvalue weighted by atomic mass is 10.2. The van der Waals surface area contributed by atoms with Gasteiger partial charge in [0.25, 0.3) is 10.0 Å². The highest BCUT2D eigenvalue weighted by molar-refractivity contribution is 7.92. The molecular weight excluding hydrogens is 476 g/mol. The van der Waals surface area contributed by atoms with Crippen molar-refractivity contribution in [2.45, 2.75) is 4.90 Å². The molecule has 1 fully saturated rings. The summed E-state index contributed by atoms with van der Waals surface area (Å²) in [6.07, 6.45) is 2.74. The highest BCUT2D eigenvalue weighted by atomic mass is 35.5. The number of nitrogens with one attached hydrogen (secondary N) is 1. The van der Waals surface area contributed by atoms with E-state index in [1.807, 2.05) is 35.0 Å². The van der Waals surface area contributed by atoms with Crippen molar-refractivity contribution in [2.75, 3.05) is 54.3 Å². The number of hydrogen-bond donors (Lipinski definition) is 1. The third kappa shape index (κ3) is 5.75. The normalized spacial score (nSPS) is 14.1. The molecule has 11 heteroatoms. The van der Waals surface area contributed by atoms with Crippen LogP contribution < -0.4 is 14.5 Å². The summed E-state index contributed by atoms with van der Waals surface area (Å²) >= 11 is 6.05. The van der Waals surface area contributed by atoms with Crippen LogP contribution in [0.1, 0.15) is 1.43 Å². The number of amides is 1. The van der Waals surface area contributed by atoms with Crippen molar-refractivity contribution in [1.29, 1.82) is 0 Å². The third-order valence-corrected chi connectivity index (χ3v) is 7.19. The molecule has 0 bridgehead atoms. The van der Waals surface area contributed by atoms with Gasteiger partial charge in [0.1, 0.15) is 12.1 Å². The first-order valence-electron chi connectivity index (χ1n) is 10.7. The second kappa shape index (κ2) is 10.3. The Morgan fingerprint density at radius 2 is 1.85 bits per heavy atom. The van der Waals surface area contributed by atoms with E-state index in [4.69, 9.17) is 11.6 Å². The molecule has 1 aliphatic heterocycles. The number of carbonyl (C=O) groups is 1. The van der Waals surface area contributed by atoms with Gasteiger partial charge in [-0.2, -0.15) is 0 Å². The Labute approximate surface area is 205 Å². The monoisotopic (exact) mass is 502 g/mol. The number of hydrogen-bond acceptors (Lipinski definition) is 7. The van der Waals surface area contributed by atoms with Crippen LogP contribution in [0.5, 0.6) is 0 Å². The average molecular weight is 503 g/mol. The lowest BCUT2D eigenvalue weighted by molar-refractivity contribution is -0.129. The van der Waals surface area contributed by atoms with Crippen molar-refractivity contribution in [3.63, 3.8) is 0 Å². The van der Waals surface area contributed by atoms with E-state index in [0.29, 0.717) is 31.2 Å². The van der Waals surface area contributed by atoms with E-state index in [9.17, 15) is 13.2 Å². The molecule has 1 aromatic heterocycles. The van der Waals surface area contributed by atoms with Crippen LogP contribution in [0.4, 0.5) is 17.2 Å². The van der Waals surface area contributed by atoms with E-state index in [-0.39, 0.29) is 24.6 Å². The summed E-state index contributed by atoms with van der Waals surface area (Å²) in [6.45, 7) is 2.79. The number of benzene rings is 2. The largest absolute Gasteiger partial charge is 0.368 e. The Morgan fingerprint density at radius 1 is 1.12 bits per heavy atom. The number of anilines is 3. The molecule has 2 aromatic carbocycles. The lowest BCUT2D eigenvalue weighted by Crippen LogP contribution is -2.51. The molecule has 1 amide bonds. The van der Waals surface area contributed by atoms with Crippen molar-refractivity contribution < 1.29 is 14.6 Å². The maximum atomic E-state index is 12.8. The van der Waals surface area contributed by atoms with E-state index < -0.39 is 10.0 Å². The molecule has 180 valence electrons. The molecule has 0 radical (unpaired) electrons. The zero-order chi connectivity index (χ0) is 24.1. The Morgan fingerprint density at radius 3 is 2.50 bits per heavy atom. The predicted molar refractivity (Wildman–Crippen MR) is 135 cm³/mol. The fraction of sp³-hybridized carbons (Fsp3) is 0.261. The first kappa shape index (κ1) is 23.8. The third-order valence-electron chi connectivity index (χ3n) is 5.59. The summed E-state index contributed by atoms with van der Waals surface area (Å²) in [5.41, 5.74) is 1.80. The Bertz CT molecular complexity index is 1240. The van der Waals surface area contributed by atoms with Gasteiger partial charge in [-0.1, -0.05) is 17.7 Å². The highest BCUT2D eigenvalue weighted by Crippen LogP contribution is 2.22. The molecule has 1 N–H and O–H groups in total. The van der Waals surface area contributed by atoms with Crippen molar-refractivity contribution in [2.24, 2.45) is 0 Å². The number of rotatable bonds is 7. The van der Waals surface area contributed by atoms with Gasteiger partial charge in [0.05, 0.1) is 11.4 Å². The zero-order valence-electron chi connectivity index (χ0n) is 18.6. The van der Waals surface area contributed by atoms with Crippen LogP contribution in [0.15, 0.2) is 72.0 Å². The first-order chi connectivity index (χ1) is 16.3. The van der Waals surface area contributed by atoms with Crippen molar-refractivity contribution in [3.05, 3.63) is 72.1 Å². The summed E-state index contributed by atoms with van der Waals surface area (Å²) in [4.78, 5) is 26.4. The molecule has 0 unspecified atom stereocenters. The standard InChI is InChI=1S/C23H25ClN6O3S.H2/c1-28(20-4-2-3-18(24)15-20)16-23(31)30-13-11-29(12-14-30)19-5-7-21(8-6-19)34(32,33)27-22-9-10-25-17-26-22;/h2-10,15,17H,11-14,16H2,1H3,(H,25,26,27);1H. The SMILES string of the molecule is CN(CC(=O)N1CCN(c2ccc(S(=O)(=O)Nc3ccncn3)cc2)CC1)c1cccc(Cl)c1.[HH]. The van der Waals surface area contributed by atoms with E-state index in [1.54, 1.807) is 30.3 Å². The molecular formula is C23H27ClN6O3S. The molecule has 0 saturated carbocycles. The minimum atomic E-state index is -3.74. The van der Waals surface area contributed by atoms with Crippen LogP contribution in [-0.4, -0.2) is 69.0 Å². The molecule has 34 heavy (non-hydrogen) atoms. The second-order valence-electron chi connectivity index (χ2n) is 7.90. The molecule has 0 spiro atoms. The van der Waals surface area contributed by atoms with Crippen LogP contribution in [-0.2, 0) is 14.8 Å². The second-order valence-corrected chi connectivity index (χ2v) is 10.0. The highest BCUT2D eigenvalue weighted by Gasteiger charge is 2.23. The fourth-order valence-electron chi connectivity index (χ4n) is 3.71. The number of halogens is 1. The Balaban J connectivity index is 0.00000342. The number of nitrogens with zero attached hydrogens (tertiary/aromatic N) is 5. The number of sulfonamides is 1. The summed E-state index contributed by atoms with van der Waals surface area (Å²) in [5, 5.41) is 0.633. The molecule has 3 aromatic rings. The van der Waals surface area contributed by atoms with Crippen LogP contribution in [0.25, 0.3) is 0 Å². The zero-order valence-corrected chi connectivity index (χ0v) is 20.2. The van der Waals surface area contributed by atoms with Crippen LogP contribution >= 0.6 is 11.6 Å². The van der Waals surface area contributed by atoms with Crippen molar-refractivity contribution in [1.82, 2.24) is 14.9 Å². The molecule has 0 aliphatic carbocycles. The number of carbonyl (C=O) groups excluding carboxylic acids is 1. The van der Waals surface area contributed by atoms with E-state index in [1.165, 1.54) is 18.6 Å². The van der Waals surface area contributed by atoms with Gasteiger partial charge in [0, 0.05) is 57.2 Å². The lowest BCUT2D eigenvalue weighted by Gasteiger charge is -2.37. The van der Waals surface area contributed by atoms with E-state index >= 15 is 0 Å². The van der Waals surface area contributed by atoms with Gasteiger partial charge in [0.2, 0.25) is 5.91 Å². The van der Waals surface area contributed by atoms with Crippen molar-refractivity contribution in [3.8, 4) is 0 Å². The average Bonchev–Trinajstić information content (AvgIpc) is 2.84. The molecule has 4 rings (SSSR count). The van der Waals surface area contributed by atoms with Gasteiger partial charge in [-0.05, 0) is 48.5 Å². The van der Waals surface area contributed by atoms with Gasteiger partial charge in [0.15, 0.2) is 0 Å². The number of aromatic nitrogens is 2. The Kier molecular flexibility index (Phi) is 7.18. The molecule has 9 nitrogen and oxygen atoms in total. The topological polar surface area (TPSA) is 98.7 Å². The molecule has 1 saturated heterocycles. The summed E-state index contributed by atoms with van der Waals surface area (Å²) in [7, 11) is -1.87. The molecule has 0 atom stereocenters. The Hall–Kier alpha value is -3.37. The van der Waals surface area contributed by atoms with Crippen LogP contribution in [0, 0.1) is 0 Å². The van der Waals surface area contributed by atoms with Gasteiger partial charge < -0.3 is 14.7 Å². The maximum absolute atomic E-state index is 12.8. The minimum Gasteiger partial charge on any atom is -0.368 e. The van der Waals surface area contributed by atoms with Crippen LogP contribution in [0.3, 0.4) is 0 Å². The first-order valence-corrected chi connectivity index (χ1v) is 12.6. The summed E-state index contributed by atoms with van der Waals surface area (Å²) in [6, 6.07) is 15.6. The maximum Gasteiger partial charge on any atom is 0.263 e. The predicted octanol–water partition coefficient (Wildman–Crippen LogP) is 2.96. The van der Waals surface area contributed by atoms with Gasteiger partial charge in [-0.15, -0.1) is 0 Å². The quantitative estimate of drug-likeness (QED) is 0.530. The number of piperazine rings is 1. The van der Waals surface area contributed by atoms with Gasteiger partial charge in [-0.25, -0.2) is 18.4 Å². The molecule has 1 aliphatic rings. The van der Waals surface area contributed by atoms with E-state index in [0.717, 1.165) is 11.4 Å². The van der Waals surface area contributed by atoms with Crippen LogP contribution in [0.2, 0.25) is 5.02 Å². The minimum absolute atomic E-state index is 0. The smallest absolute Gasteiger partial charge is 0.263 e. The molecule has 2 heterocycles. The fourth-order valence-corrected chi connectivity index (χ4v) is 4.90. The summed E-state index contributed by atoms with van der Waals surface area (Å²) < 4.78 is 27.6. The van der Waals surface area contributed by atoms with E-state index in [2.05, 4.69) is 19.6 Å².